The highest BCUT2D eigenvalue weighted by molar-refractivity contribution is 5.97. The molecule has 7 N–H and O–H groups in total. The number of nitrogens with one attached hydrogen (secondary N) is 6. The molecule has 16 nitrogen and oxygen atoms in total. The third-order valence-electron chi connectivity index (χ3n) is 10.7. The van der Waals surface area contributed by atoms with Crippen LogP contribution in [0.2, 0.25) is 0 Å². The van der Waals surface area contributed by atoms with Crippen LogP contribution in [0.5, 0.6) is 0 Å². The second kappa shape index (κ2) is 18.2. The Morgan fingerprint density at radius 3 is 2.24 bits per heavy atom. The number of aliphatic hydroxyl groups is 1. The van der Waals surface area contributed by atoms with Gasteiger partial charge in [0.25, 0.3) is 0 Å². The fourth-order valence-corrected chi connectivity index (χ4v) is 7.79. The van der Waals surface area contributed by atoms with Crippen LogP contribution < -0.4 is 31.9 Å². The van der Waals surface area contributed by atoms with Crippen LogP contribution in [0.15, 0.2) is 30.3 Å². The van der Waals surface area contributed by atoms with Gasteiger partial charge in [0.2, 0.25) is 41.4 Å². The molecule has 296 valence electrons. The van der Waals surface area contributed by atoms with Crippen molar-refractivity contribution < 1.29 is 43.4 Å². The normalized spacial score (nSPS) is 32.2. The van der Waals surface area contributed by atoms with Crippen molar-refractivity contribution in [2.45, 2.75) is 134 Å². The fraction of sp³-hybridized carbons (Fsp3) is 0.658. The molecule has 1 unspecified atom stereocenters. The van der Waals surface area contributed by atoms with Crippen molar-refractivity contribution in [3.63, 3.8) is 0 Å². The molecule has 7 amide bonds. The number of rotatable bonds is 7. The molecular weight excluding hydrogens is 698 g/mol. The van der Waals surface area contributed by atoms with Crippen molar-refractivity contribution in [2.24, 2.45) is 11.8 Å². The summed E-state index contributed by atoms with van der Waals surface area (Å²) in [5.74, 6) is -4.78. The summed E-state index contributed by atoms with van der Waals surface area (Å²) in [5.41, 5.74) is 0.686. The van der Waals surface area contributed by atoms with Crippen LogP contribution >= 0.6 is 0 Å². The van der Waals surface area contributed by atoms with Crippen molar-refractivity contribution in [3.05, 3.63) is 35.9 Å². The number of hydrogen-bond acceptors (Lipinski definition) is 9. The number of carbonyl (C=O) groups is 7. The van der Waals surface area contributed by atoms with Crippen molar-refractivity contribution in [1.29, 1.82) is 0 Å². The topological polar surface area (TPSA) is 224 Å². The summed E-state index contributed by atoms with van der Waals surface area (Å²) in [6.45, 7) is 6.99. The predicted octanol–water partition coefficient (Wildman–Crippen LogP) is -0.822. The minimum absolute atomic E-state index is 0.00269. The molecule has 3 saturated heterocycles. The van der Waals surface area contributed by atoms with Crippen molar-refractivity contribution in [3.8, 4) is 0 Å². The van der Waals surface area contributed by atoms with E-state index in [4.69, 9.17) is 4.74 Å². The average molecular weight is 754 g/mol. The zero-order chi connectivity index (χ0) is 39.1. The molecule has 0 spiro atoms. The number of hydrogen-bond donors (Lipinski definition) is 7. The molecule has 1 aliphatic carbocycles. The van der Waals surface area contributed by atoms with Crippen molar-refractivity contribution >= 4 is 41.4 Å². The van der Waals surface area contributed by atoms with Crippen LogP contribution in [0.1, 0.15) is 78.2 Å². The smallest absolute Gasteiger partial charge is 0.249 e. The third kappa shape index (κ3) is 10.1. The van der Waals surface area contributed by atoms with E-state index >= 15 is 0 Å². The highest BCUT2D eigenvalue weighted by Gasteiger charge is 2.45. The zero-order valence-corrected chi connectivity index (χ0v) is 31.5. The Balaban J connectivity index is 1.50. The molecule has 3 heterocycles. The highest BCUT2D eigenvalue weighted by Crippen LogP contribution is 2.27. The lowest BCUT2D eigenvalue weighted by Gasteiger charge is -2.31. The van der Waals surface area contributed by atoms with Gasteiger partial charge in [-0.05, 0) is 63.9 Å². The first-order valence-corrected chi connectivity index (χ1v) is 19.2. The van der Waals surface area contributed by atoms with Gasteiger partial charge in [0.15, 0.2) is 0 Å². The van der Waals surface area contributed by atoms with Crippen LogP contribution in [0.25, 0.3) is 0 Å². The standard InChI is InChI=1S/C38H55N7O9/c1-20(2)16-27-34(49)44-31(22(4)46)37(52)43-28(17-23-10-6-5-7-11-23)38(53)45-19-24(40-36(51)30-14-9-15-54-30)18-29(45)35(50)39-21(3)32(47)41-26-13-8-12-25(26)33(48)42-27/h5-7,10-11,20-22,24-31,46H,8-9,12-19H2,1-4H3,(H,39,50)(H,40,51)(H,41,47)(H,42,48)(H,43,52)(H,44,49)/t21-,22+,24+,25+,26+,27-,28-,29?,30-,31-/m0/s1. The summed E-state index contributed by atoms with van der Waals surface area (Å²) in [4.78, 5) is 97.8. The molecule has 1 saturated carbocycles. The molecule has 5 rings (SSSR count). The van der Waals surface area contributed by atoms with E-state index in [1.54, 1.807) is 30.3 Å². The maximum atomic E-state index is 14.6. The Morgan fingerprint density at radius 2 is 1.57 bits per heavy atom. The lowest BCUT2D eigenvalue weighted by Crippen LogP contribution is -2.61. The average Bonchev–Trinajstić information content (AvgIpc) is 3.91. The number of fused-ring (bicyclic) bond motifs is 2. The van der Waals surface area contributed by atoms with E-state index in [9.17, 15) is 38.7 Å². The maximum absolute atomic E-state index is 14.6. The van der Waals surface area contributed by atoms with E-state index in [1.807, 2.05) is 13.8 Å². The molecule has 1 aromatic rings. The van der Waals surface area contributed by atoms with Gasteiger partial charge in [-0.1, -0.05) is 50.6 Å². The van der Waals surface area contributed by atoms with Crippen LogP contribution in [0.3, 0.4) is 0 Å². The Kier molecular flexibility index (Phi) is 13.7. The monoisotopic (exact) mass is 753 g/mol. The molecule has 0 aromatic heterocycles. The first-order chi connectivity index (χ1) is 25.7. The van der Waals surface area contributed by atoms with E-state index in [0.29, 0.717) is 37.9 Å². The van der Waals surface area contributed by atoms with E-state index in [-0.39, 0.29) is 37.6 Å². The summed E-state index contributed by atoms with van der Waals surface area (Å²) in [7, 11) is 0. The molecule has 10 atom stereocenters. The molecule has 16 heteroatoms. The molecular formula is C38H55N7O9. The fourth-order valence-electron chi connectivity index (χ4n) is 7.79. The number of nitrogens with zero attached hydrogens (tertiary/aromatic N) is 1. The predicted molar refractivity (Wildman–Crippen MR) is 195 cm³/mol. The second-order valence-electron chi connectivity index (χ2n) is 15.5. The van der Waals surface area contributed by atoms with E-state index in [2.05, 4.69) is 31.9 Å². The highest BCUT2D eigenvalue weighted by atomic mass is 16.5. The molecule has 4 aliphatic rings. The van der Waals surface area contributed by atoms with Gasteiger partial charge in [0, 0.05) is 31.7 Å². The van der Waals surface area contributed by atoms with Gasteiger partial charge in [0.05, 0.1) is 12.0 Å². The minimum Gasteiger partial charge on any atom is -0.391 e. The van der Waals surface area contributed by atoms with Gasteiger partial charge < -0.3 is 46.6 Å². The van der Waals surface area contributed by atoms with Crippen LogP contribution in [-0.2, 0) is 44.7 Å². The molecule has 0 radical (unpaired) electrons. The first-order valence-electron chi connectivity index (χ1n) is 19.2. The van der Waals surface area contributed by atoms with Gasteiger partial charge in [-0.25, -0.2) is 0 Å². The summed E-state index contributed by atoms with van der Waals surface area (Å²) < 4.78 is 5.54. The molecule has 1 aromatic carbocycles. The lowest BCUT2D eigenvalue weighted by molar-refractivity contribution is -0.143. The Bertz CT molecular complexity index is 1550. The Hall–Kier alpha value is -4.57. The molecule has 3 aliphatic heterocycles. The van der Waals surface area contributed by atoms with Crippen LogP contribution in [0, 0.1) is 11.8 Å². The Labute approximate surface area is 315 Å². The summed E-state index contributed by atoms with van der Waals surface area (Å²) in [6, 6.07) is 1.68. The van der Waals surface area contributed by atoms with E-state index in [0.717, 1.165) is 6.42 Å². The van der Waals surface area contributed by atoms with Crippen molar-refractivity contribution in [2.75, 3.05) is 13.2 Å². The van der Waals surface area contributed by atoms with Gasteiger partial charge in [-0.15, -0.1) is 0 Å². The quantitative estimate of drug-likeness (QED) is 0.185. The maximum Gasteiger partial charge on any atom is 0.249 e. The van der Waals surface area contributed by atoms with Gasteiger partial charge in [-0.3, -0.25) is 33.6 Å². The molecule has 54 heavy (non-hydrogen) atoms. The van der Waals surface area contributed by atoms with E-state index < -0.39 is 95.9 Å². The third-order valence-corrected chi connectivity index (χ3v) is 10.7. The summed E-state index contributed by atoms with van der Waals surface area (Å²) in [5, 5.41) is 27.5. The van der Waals surface area contributed by atoms with Gasteiger partial charge in [-0.2, -0.15) is 0 Å². The SMILES string of the molecule is CC(C)C[C@@H]1NC(=O)[C@@H]2CCC[C@H]2NC(=O)[C@H](C)NC(=O)C2C[C@@H](NC(=O)[C@@H]3CCCO3)CN2C(=O)[C@H](Cc2ccccc2)NC(=O)[C@H]([C@@H](C)O)NC1=O. The summed E-state index contributed by atoms with van der Waals surface area (Å²) in [6.07, 6.45) is 1.13. The number of amides is 7. The first kappa shape index (κ1) is 40.6. The lowest BCUT2D eigenvalue weighted by atomic mass is 9.98. The molecule has 4 fully saturated rings. The van der Waals surface area contributed by atoms with E-state index in [1.165, 1.54) is 18.7 Å². The summed E-state index contributed by atoms with van der Waals surface area (Å²) >= 11 is 0. The Morgan fingerprint density at radius 1 is 0.852 bits per heavy atom. The number of benzene rings is 1. The minimum atomic E-state index is -1.51. The van der Waals surface area contributed by atoms with Gasteiger partial charge in [0.1, 0.15) is 36.3 Å². The number of ether oxygens (including phenoxy) is 1. The molecule has 0 bridgehead atoms. The van der Waals surface area contributed by atoms with Crippen molar-refractivity contribution in [1.82, 2.24) is 36.8 Å². The number of carbonyl (C=O) groups excluding carboxylic acids is 7. The zero-order valence-electron chi connectivity index (χ0n) is 31.5. The van der Waals surface area contributed by atoms with Crippen LogP contribution in [0.4, 0.5) is 0 Å². The van der Waals surface area contributed by atoms with Crippen LogP contribution in [-0.4, -0.2) is 119 Å². The second-order valence-corrected chi connectivity index (χ2v) is 15.5. The van der Waals surface area contributed by atoms with Gasteiger partial charge >= 0.3 is 0 Å². The largest absolute Gasteiger partial charge is 0.391 e. The number of aliphatic hydroxyl groups excluding tert-OH is 1.